The zero-order valence-corrected chi connectivity index (χ0v) is 18.5. The van der Waals surface area contributed by atoms with Crippen molar-refractivity contribution in [2.24, 2.45) is 11.3 Å². The molecule has 2 aromatic carbocycles. The van der Waals surface area contributed by atoms with Crippen molar-refractivity contribution in [1.82, 2.24) is 5.32 Å². The van der Waals surface area contributed by atoms with Gasteiger partial charge in [-0.3, -0.25) is 0 Å². The minimum Gasteiger partial charge on any atom is -0.376 e. The standard InChI is InChI=1S/C26H37NO2/c1-21-15-26(16-24(21)27-25(2,3)4,19-28-17-22-11-7-5-8-12-22)20-29-18-23-13-9-6-10-14-23/h5-14,21,24,27H,15-20H2,1-4H3/t21-,24-/m1/s1. The van der Waals surface area contributed by atoms with E-state index in [1.165, 1.54) is 11.1 Å². The molecule has 0 amide bonds. The summed E-state index contributed by atoms with van der Waals surface area (Å²) in [6.07, 6.45) is 2.22. The Labute approximate surface area is 176 Å². The fraction of sp³-hybridized carbons (Fsp3) is 0.538. The molecule has 3 heteroatoms. The second-order valence-corrected chi connectivity index (χ2v) is 9.84. The minimum atomic E-state index is 0.0614. The van der Waals surface area contributed by atoms with Crippen molar-refractivity contribution >= 4 is 0 Å². The summed E-state index contributed by atoms with van der Waals surface area (Å²) in [6, 6.07) is 21.4. The van der Waals surface area contributed by atoms with Crippen molar-refractivity contribution in [3.8, 4) is 0 Å². The molecule has 0 radical (unpaired) electrons. The molecule has 0 aliphatic heterocycles. The second kappa shape index (κ2) is 9.88. The third-order valence-corrected chi connectivity index (χ3v) is 5.75. The van der Waals surface area contributed by atoms with Crippen molar-refractivity contribution in [1.29, 1.82) is 0 Å². The Balaban J connectivity index is 1.62. The molecule has 1 aliphatic rings. The van der Waals surface area contributed by atoms with Crippen LogP contribution in [0.3, 0.4) is 0 Å². The molecule has 2 aromatic rings. The molecule has 0 saturated heterocycles. The van der Waals surface area contributed by atoms with Crippen molar-refractivity contribution in [2.45, 2.75) is 65.3 Å². The van der Waals surface area contributed by atoms with Crippen LogP contribution in [0.15, 0.2) is 60.7 Å². The topological polar surface area (TPSA) is 30.5 Å². The zero-order chi connectivity index (χ0) is 20.7. The molecule has 158 valence electrons. The Hall–Kier alpha value is -1.68. The highest BCUT2D eigenvalue weighted by Gasteiger charge is 2.44. The maximum atomic E-state index is 6.23. The molecule has 0 heterocycles. The molecule has 0 spiro atoms. The van der Waals surface area contributed by atoms with Gasteiger partial charge in [0.15, 0.2) is 0 Å². The molecule has 3 nitrogen and oxygen atoms in total. The lowest BCUT2D eigenvalue weighted by Crippen LogP contribution is -2.45. The van der Waals surface area contributed by atoms with Crippen LogP contribution in [0.25, 0.3) is 0 Å². The number of hydrogen-bond acceptors (Lipinski definition) is 3. The normalized spacial score (nSPS) is 21.4. The number of rotatable bonds is 9. The molecule has 1 N–H and O–H groups in total. The lowest BCUT2D eigenvalue weighted by atomic mass is 9.87. The largest absolute Gasteiger partial charge is 0.376 e. The molecule has 2 atom stereocenters. The average molecular weight is 396 g/mol. The van der Waals surface area contributed by atoms with Crippen LogP contribution < -0.4 is 5.32 Å². The van der Waals surface area contributed by atoms with Crippen molar-refractivity contribution in [3.05, 3.63) is 71.8 Å². The summed E-state index contributed by atoms with van der Waals surface area (Å²) in [5.74, 6) is 0.606. The Morgan fingerprint density at radius 3 is 1.76 bits per heavy atom. The van der Waals surface area contributed by atoms with Gasteiger partial charge in [0.05, 0.1) is 26.4 Å². The van der Waals surface area contributed by atoms with Gasteiger partial charge in [-0.1, -0.05) is 67.6 Å². The van der Waals surface area contributed by atoms with Crippen molar-refractivity contribution in [2.75, 3.05) is 13.2 Å². The Kier molecular flexibility index (Phi) is 7.50. The number of ether oxygens (including phenoxy) is 2. The van der Waals surface area contributed by atoms with Crippen LogP contribution in [0.1, 0.15) is 51.7 Å². The van der Waals surface area contributed by atoms with Crippen LogP contribution >= 0.6 is 0 Å². The third-order valence-electron chi connectivity index (χ3n) is 5.75. The molecule has 1 aliphatic carbocycles. The monoisotopic (exact) mass is 395 g/mol. The molecule has 3 rings (SSSR count). The second-order valence-electron chi connectivity index (χ2n) is 9.84. The first kappa shape index (κ1) is 22.0. The molecule has 1 saturated carbocycles. The van der Waals surface area contributed by atoms with Gasteiger partial charge in [-0.2, -0.15) is 0 Å². The van der Waals surface area contributed by atoms with E-state index in [1.54, 1.807) is 0 Å². The maximum absolute atomic E-state index is 6.23. The summed E-state index contributed by atoms with van der Waals surface area (Å²) in [5.41, 5.74) is 2.63. The van der Waals surface area contributed by atoms with E-state index >= 15 is 0 Å². The highest BCUT2D eigenvalue weighted by Crippen LogP contribution is 2.43. The maximum Gasteiger partial charge on any atom is 0.0717 e. The zero-order valence-electron chi connectivity index (χ0n) is 18.5. The van der Waals surface area contributed by atoms with Crippen LogP contribution in [0, 0.1) is 11.3 Å². The summed E-state index contributed by atoms with van der Waals surface area (Å²) in [6.45, 7) is 11.9. The molecule has 0 unspecified atom stereocenters. The van der Waals surface area contributed by atoms with Crippen LogP contribution in [0.5, 0.6) is 0 Å². The van der Waals surface area contributed by atoms with E-state index in [1.807, 2.05) is 12.1 Å². The summed E-state index contributed by atoms with van der Waals surface area (Å²) in [5, 5.41) is 3.83. The predicted molar refractivity (Wildman–Crippen MR) is 120 cm³/mol. The van der Waals surface area contributed by atoms with Gasteiger partial charge in [0.25, 0.3) is 0 Å². The van der Waals surface area contributed by atoms with E-state index in [2.05, 4.69) is 81.5 Å². The lowest BCUT2D eigenvalue weighted by molar-refractivity contribution is -0.0323. The molecular formula is C26H37NO2. The first-order valence-electron chi connectivity index (χ1n) is 10.9. The van der Waals surface area contributed by atoms with Crippen molar-refractivity contribution < 1.29 is 9.47 Å². The van der Waals surface area contributed by atoms with Gasteiger partial charge in [-0.25, -0.2) is 0 Å². The summed E-state index contributed by atoms with van der Waals surface area (Å²) < 4.78 is 12.5. The van der Waals surface area contributed by atoms with Gasteiger partial charge >= 0.3 is 0 Å². The fourth-order valence-electron chi connectivity index (χ4n) is 4.52. The van der Waals surface area contributed by atoms with Crippen LogP contribution in [0.4, 0.5) is 0 Å². The molecule has 0 bridgehead atoms. The van der Waals surface area contributed by atoms with E-state index in [0.717, 1.165) is 26.1 Å². The number of benzene rings is 2. The summed E-state index contributed by atoms with van der Waals surface area (Å²) in [7, 11) is 0. The van der Waals surface area contributed by atoms with E-state index in [0.29, 0.717) is 25.2 Å². The predicted octanol–water partition coefficient (Wildman–Crippen LogP) is 5.59. The van der Waals surface area contributed by atoms with Gasteiger partial charge in [0.1, 0.15) is 0 Å². The first-order chi connectivity index (χ1) is 13.9. The van der Waals surface area contributed by atoms with E-state index < -0.39 is 0 Å². The van der Waals surface area contributed by atoms with E-state index in [-0.39, 0.29) is 11.0 Å². The third kappa shape index (κ3) is 6.95. The van der Waals surface area contributed by atoms with Crippen LogP contribution in [-0.2, 0) is 22.7 Å². The average Bonchev–Trinajstić information content (AvgIpc) is 2.97. The number of hydrogen-bond donors (Lipinski definition) is 1. The van der Waals surface area contributed by atoms with E-state index in [9.17, 15) is 0 Å². The Morgan fingerprint density at radius 2 is 1.31 bits per heavy atom. The quantitative estimate of drug-likeness (QED) is 0.600. The SMILES string of the molecule is C[C@@H]1CC(COCc2ccccc2)(COCc2ccccc2)C[C@H]1NC(C)(C)C. The minimum absolute atomic E-state index is 0.0614. The van der Waals surface area contributed by atoms with Gasteiger partial charge < -0.3 is 14.8 Å². The van der Waals surface area contributed by atoms with Gasteiger partial charge in [0.2, 0.25) is 0 Å². The Bertz CT molecular complexity index is 678. The van der Waals surface area contributed by atoms with Crippen molar-refractivity contribution in [3.63, 3.8) is 0 Å². The molecule has 1 fully saturated rings. The van der Waals surface area contributed by atoms with E-state index in [4.69, 9.17) is 9.47 Å². The van der Waals surface area contributed by atoms with Crippen LogP contribution in [-0.4, -0.2) is 24.8 Å². The smallest absolute Gasteiger partial charge is 0.0717 e. The summed E-state index contributed by atoms with van der Waals surface area (Å²) in [4.78, 5) is 0. The number of nitrogens with one attached hydrogen (secondary N) is 1. The van der Waals surface area contributed by atoms with Gasteiger partial charge in [-0.15, -0.1) is 0 Å². The highest BCUT2D eigenvalue weighted by molar-refractivity contribution is 5.14. The fourth-order valence-corrected chi connectivity index (χ4v) is 4.52. The Morgan fingerprint density at radius 1 is 0.828 bits per heavy atom. The van der Waals surface area contributed by atoms with Gasteiger partial charge in [0, 0.05) is 17.0 Å². The highest BCUT2D eigenvalue weighted by atomic mass is 16.5. The van der Waals surface area contributed by atoms with Gasteiger partial charge in [-0.05, 0) is 50.7 Å². The molecule has 29 heavy (non-hydrogen) atoms. The lowest BCUT2D eigenvalue weighted by Gasteiger charge is -2.31. The summed E-state index contributed by atoms with van der Waals surface area (Å²) >= 11 is 0. The van der Waals surface area contributed by atoms with Crippen LogP contribution in [0.2, 0.25) is 0 Å². The first-order valence-corrected chi connectivity index (χ1v) is 10.9. The molecule has 0 aromatic heterocycles. The molecular weight excluding hydrogens is 358 g/mol.